The van der Waals surface area contributed by atoms with Crippen LogP contribution in [0.5, 0.6) is 5.75 Å². The molecule has 2 aromatic carbocycles. The van der Waals surface area contributed by atoms with Crippen molar-refractivity contribution < 1.29 is 9.47 Å². The summed E-state index contributed by atoms with van der Waals surface area (Å²) >= 11 is 0. The van der Waals surface area contributed by atoms with E-state index in [2.05, 4.69) is 0 Å². The number of nitrogen functional groups attached to an aromatic ring is 1. The lowest BCUT2D eigenvalue weighted by atomic mass is 10.1. The van der Waals surface area contributed by atoms with Crippen molar-refractivity contribution in [3.63, 3.8) is 0 Å². The van der Waals surface area contributed by atoms with Crippen molar-refractivity contribution in [2.75, 3.05) is 7.11 Å². The van der Waals surface area contributed by atoms with Gasteiger partial charge in [0, 0.05) is 12.7 Å². The van der Waals surface area contributed by atoms with E-state index in [0.29, 0.717) is 18.8 Å². The first kappa shape index (κ1) is 14.1. The molecule has 0 spiro atoms. The first-order chi connectivity index (χ1) is 9.69. The Kier molecular flexibility index (Phi) is 4.74. The van der Waals surface area contributed by atoms with Gasteiger partial charge >= 0.3 is 0 Å². The molecule has 0 aliphatic heterocycles. The molecule has 4 nitrogen and oxygen atoms in total. The predicted octanol–water partition coefficient (Wildman–Crippen LogP) is 2.70. The van der Waals surface area contributed by atoms with Crippen LogP contribution in [0, 0.1) is 5.41 Å². The average Bonchev–Trinajstić information content (AvgIpc) is 2.46. The highest BCUT2D eigenvalue weighted by molar-refractivity contribution is 5.95. The van der Waals surface area contributed by atoms with Crippen molar-refractivity contribution in [1.29, 1.82) is 5.41 Å². The van der Waals surface area contributed by atoms with E-state index in [4.69, 9.17) is 20.6 Å². The molecule has 0 aliphatic rings. The van der Waals surface area contributed by atoms with Gasteiger partial charge in [-0.25, -0.2) is 0 Å². The highest BCUT2D eigenvalue weighted by Gasteiger charge is 2.01. The van der Waals surface area contributed by atoms with Crippen LogP contribution in [0.25, 0.3) is 0 Å². The van der Waals surface area contributed by atoms with Crippen molar-refractivity contribution in [1.82, 2.24) is 0 Å². The summed E-state index contributed by atoms with van der Waals surface area (Å²) in [5.41, 5.74) is 8.23. The van der Waals surface area contributed by atoms with Gasteiger partial charge in [-0.3, -0.25) is 5.41 Å². The minimum absolute atomic E-state index is 0.0638. The molecule has 0 radical (unpaired) electrons. The lowest BCUT2D eigenvalue weighted by molar-refractivity contribution is 0.184. The second-order valence-electron chi connectivity index (χ2n) is 4.48. The Bertz CT molecular complexity index is 597. The first-order valence-corrected chi connectivity index (χ1v) is 6.33. The summed E-state index contributed by atoms with van der Waals surface area (Å²) in [5.74, 6) is 0.863. The fraction of sp³-hybridized carbons (Fsp3) is 0.188. The van der Waals surface area contributed by atoms with E-state index >= 15 is 0 Å². The van der Waals surface area contributed by atoms with Crippen LogP contribution < -0.4 is 10.5 Å². The van der Waals surface area contributed by atoms with Crippen molar-refractivity contribution in [2.45, 2.75) is 13.2 Å². The third-order valence-corrected chi connectivity index (χ3v) is 2.85. The maximum Gasteiger partial charge on any atom is 0.122 e. The lowest BCUT2D eigenvalue weighted by Crippen LogP contribution is -2.11. The quantitative estimate of drug-likeness (QED) is 0.626. The van der Waals surface area contributed by atoms with Gasteiger partial charge in [0.25, 0.3) is 0 Å². The Labute approximate surface area is 118 Å². The average molecular weight is 270 g/mol. The van der Waals surface area contributed by atoms with Gasteiger partial charge in [-0.05, 0) is 29.3 Å². The van der Waals surface area contributed by atoms with Crippen LogP contribution in [0.1, 0.15) is 16.7 Å². The molecule has 4 heteroatoms. The van der Waals surface area contributed by atoms with Gasteiger partial charge in [0.05, 0.1) is 6.61 Å². The SMILES string of the molecule is COCc1cccc(OCc2cccc(C(=N)N)c2)c1. The summed E-state index contributed by atoms with van der Waals surface area (Å²) < 4.78 is 10.8. The number of amidine groups is 1. The van der Waals surface area contributed by atoms with Crippen molar-refractivity contribution in [3.8, 4) is 5.75 Å². The summed E-state index contributed by atoms with van der Waals surface area (Å²) in [7, 11) is 1.67. The van der Waals surface area contributed by atoms with E-state index in [1.807, 2.05) is 48.5 Å². The number of rotatable bonds is 6. The Morgan fingerprint density at radius 1 is 1.05 bits per heavy atom. The maximum atomic E-state index is 7.43. The van der Waals surface area contributed by atoms with Gasteiger partial charge in [-0.15, -0.1) is 0 Å². The van der Waals surface area contributed by atoms with Gasteiger partial charge in [0.15, 0.2) is 0 Å². The lowest BCUT2D eigenvalue weighted by Gasteiger charge is -2.09. The van der Waals surface area contributed by atoms with E-state index in [1.54, 1.807) is 7.11 Å². The highest BCUT2D eigenvalue weighted by atomic mass is 16.5. The van der Waals surface area contributed by atoms with E-state index in [-0.39, 0.29) is 5.84 Å². The monoisotopic (exact) mass is 270 g/mol. The molecule has 2 aromatic rings. The number of hydrogen-bond donors (Lipinski definition) is 2. The van der Waals surface area contributed by atoms with Crippen LogP contribution in [0.2, 0.25) is 0 Å². The van der Waals surface area contributed by atoms with Crippen molar-refractivity contribution >= 4 is 5.84 Å². The smallest absolute Gasteiger partial charge is 0.122 e. The zero-order valence-corrected chi connectivity index (χ0v) is 11.4. The minimum atomic E-state index is 0.0638. The fourth-order valence-corrected chi connectivity index (χ4v) is 1.89. The van der Waals surface area contributed by atoms with Crippen LogP contribution in [0.3, 0.4) is 0 Å². The maximum absolute atomic E-state index is 7.43. The van der Waals surface area contributed by atoms with Gasteiger partial charge in [0.2, 0.25) is 0 Å². The summed E-state index contributed by atoms with van der Waals surface area (Å²) in [4.78, 5) is 0. The standard InChI is InChI=1S/C16H18N2O2/c1-19-10-13-5-3-7-15(9-13)20-11-12-4-2-6-14(8-12)16(17)18/h2-9H,10-11H2,1H3,(H3,17,18). The van der Waals surface area contributed by atoms with Crippen LogP contribution in [-0.2, 0) is 18.0 Å². The van der Waals surface area contributed by atoms with E-state index in [0.717, 1.165) is 16.9 Å². The minimum Gasteiger partial charge on any atom is -0.489 e. The summed E-state index contributed by atoms with van der Waals surface area (Å²) in [5, 5.41) is 7.43. The fourth-order valence-electron chi connectivity index (χ4n) is 1.89. The molecule has 0 aromatic heterocycles. The number of nitrogens with two attached hydrogens (primary N) is 1. The van der Waals surface area contributed by atoms with E-state index in [9.17, 15) is 0 Å². The summed E-state index contributed by atoms with van der Waals surface area (Å²) in [6.07, 6.45) is 0. The molecule has 0 heterocycles. The summed E-state index contributed by atoms with van der Waals surface area (Å²) in [6, 6.07) is 15.3. The molecular weight excluding hydrogens is 252 g/mol. The van der Waals surface area contributed by atoms with Crippen molar-refractivity contribution in [3.05, 3.63) is 65.2 Å². The topological polar surface area (TPSA) is 68.3 Å². The number of methoxy groups -OCH3 is 1. The molecule has 20 heavy (non-hydrogen) atoms. The number of nitrogens with one attached hydrogen (secondary N) is 1. The third-order valence-electron chi connectivity index (χ3n) is 2.85. The number of hydrogen-bond acceptors (Lipinski definition) is 3. The normalized spacial score (nSPS) is 10.2. The molecule has 3 N–H and O–H groups in total. The van der Waals surface area contributed by atoms with Crippen LogP contribution >= 0.6 is 0 Å². The molecule has 0 saturated carbocycles. The molecule has 2 rings (SSSR count). The van der Waals surface area contributed by atoms with Crippen molar-refractivity contribution in [2.24, 2.45) is 5.73 Å². The Morgan fingerprint density at radius 2 is 1.75 bits per heavy atom. The largest absolute Gasteiger partial charge is 0.489 e. The number of ether oxygens (including phenoxy) is 2. The van der Waals surface area contributed by atoms with Gasteiger partial charge in [-0.2, -0.15) is 0 Å². The van der Waals surface area contributed by atoms with Gasteiger partial charge in [0.1, 0.15) is 18.2 Å². The molecule has 0 unspecified atom stereocenters. The molecule has 0 amide bonds. The summed E-state index contributed by atoms with van der Waals surface area (Å²) in [6.45, 7) is 1.01. The Morgan fingerprint density at radius 3 is 2.45 bits per heavy atom. The van der Waals surface area contributed by atoms with Gasteiger partial charge < -0.3 is 15.2 Å². The second-order valence-corrected chi connectivity index (χ2v) is 4.48. The predicted molar refractivity (Wildman–Crippen MR) is 78.9 cm³/mol. The molecular formula is C16H18N2O2. The molecule has 104 valence electrons. The second kappa shape index (κ2) is 6.73. The third kappa shape index (κ3) is 3.83. The Balaban J connectivity index is 2.03. The molecule has 0 bridgehead atoms. The molecule has 0 fully saturated rings. The van der Waals surface area contributed by atoms with E-state index < -0.39 is 0 Å². The highest BCUT2D eigenvalue weighted by Crippen LogP contribution is 2.16. The zero-order valence-electron chi connectivity index (χ0n) is 11.4. The van der Waals surface area contributed by atoms with E-state index in [1.165, 1.54) is 0 Å². The zero-order chi connectivity index (χ0) is 14.4. The molecule has 0 atom stereocenters. The van der Waals surface area contributed by atoms with Crippen LogP contribution in [0.15, 0.2) is 48.5 Å². The van der Waals surface area contributed by atoms with Crippen LogP contribution in [0.4, 0.5) is 0 Å². The number of benzene rings is 2. The van der Waals surface area contributed by atoms with Gasteiger partial charge in [-0.1, -0.05) is 30.3 Å². The molecule has 0 saturated heterocycles. The Hall–Kier alpha value is -2.33. The first-order valence-electron chi connectivity index (χ1n) is 6.33. The van der Waals surface area contributed by atoms with Crippen LogP contribution in [-0.4, -0.2) is 12.9 Å². The molecule has 0 aliphatic carbocycles.